The summed E-state index contributed by atoms with van der Waals surface area (Å²) in [6.07, 6.45) is 1.88. The first-order valence-electron chi connectivity index (χ1n) is 4.59. The van der Waals surface area contributed by atoms with Gasteiger partial charge in [0.2, 0.25) is 0 Å². The van der Waals surface area contributed by atoms with E-state index < -0.39 is 7.60 Å². The molecule has 0 saturated carbocycles. The van der Waals surface area contributed by atoms with Gasteiger partial charge in [0, 0.05) is 10.7 Å². The number of rotatable bonds is 4. The summed E-state index contributed by atoms with van der Waals surface area (Å²) in [5.74, 6) is 0. The molecule has 2 atom stereocenters. The maximum atomic E-state index is 11.8. The van der Waals surface area contributed by atoms with E-state index >= 15 is 0 Å². The van der Waals surface area contributed by atoms with Crippen molar-refractivity contribution in [2.75, 3.05) is 0 Å². The summed E-state index contributed by atoms with van der Waals surface area (Å²) in [7, 11) is -3.79. The lowest BCUT2D eigenvalue weighted by atomic mass is 10.3. The summed E-state index contributed by atoms with van der Waals surface area (Å²) in [5.41, 5.74) is 0.0668. The molecule has 0 aromatic carbocycles. The number of hydrogen-bond acceptors (Lipinski definition) is 3. The van der Waals surface area contributed by atoms with Gasteiger partial charge >= 0.3 is 7.60 Å². The largest absolute Gasteiger partial charge is 0.377 e. The van der Waals surface area contributed by atoms with Crippen LogP contribution in [0.15, 0.2) is 22.8 Å². The van der Waals surface area contributed by atoms with Gasteiger partial charge in [-0.3, -0.25) is 4.57 Å². The summed E-state index contributed by atoms with van der Waals surface area (Å²) in [4.78, 5) is 13.5. The number of pyridine rings is 1. The first kappa shape index (κ1) is 12.8. The highest BCUT2D eigenvalue weighted by Crippen LogP contribution is 2.42. The number of aromatic nitrogens is 1. The Kier molecular flexibility index (Phi) is 4.46. The average Bonchev–Trinajstić information content (AvgIpc) is 2.17. The highest BCUT2D eigenvalue weighted by Gasteiger charge is 2.26. The first-order valence-corrected chi connectivity index (χ1v) is 6.96. The number of nitrogens with zero attached hydrogens (tertiary/aromatic N) is 1. The molecule has 0 fully saturated rings. The molecular weight excluding hydrogens is 281 g/mol. The Morgan fingerprint density at radius 3 is 2.93 bits per heavy atom. The molecule has 84 valence electrons. The van der Waals surface area contributed by atoms with Gasteiger partial charge in [0.15, 0.2) is 5.44 Å². The topological polar surface area (TPSA) is 59.4 Å². The van der Waals surface area contributed by atoms with E-state index in [1.165, 1.54) is 12.3 Å². The lowest BCUT2D eigenvalue weighted by Crippen LogP contribution is -2.15. The SMILES string of the molecule is CCC(C)OP(=O)(O)c1cc(Br)ccn1. The molecule has 2 unspecified atom stereocenters. The van der Waals surface area contributed by atoms with Gasteiger partial charge in [-0.1, -0.05) is 22.9 Å². The average molecular weight is 294 g/mol. The van der Waals surface area contributed by atoms with E-state index in [0.717, 1.165) is 0 Å². The van der Waals surface area contributed by atoms with Gasteiger partial charge in [-0.15, -0.1) is 0 Å². The standard InChI is InChI=1S/C9H13BrNO3P/c1-3-7(2)14-15(12,13)9-6-8(10)4-5-11-9/h4-7H,3H2,1-2H3,(H,12,13). The zero-order valence-corrected chi connectivity index (χ0v) is 11.0. The van der Waals surface area contributed by atoms with Gasteiger partial charge in [-0.2, -0.15) is 0 Å². The van der Waals surface area contributed by atoms with E-state index in [9.17, 15) is 9.46 Å². The molecule has 0 radical (unpaired) electrons. The Hall–Kier alpha value is -0.220. The molecule has 1 N–H and O–H groups in total. The van der Waals surface area contributed by atoms with Crippen molar-refractivity contribution in [3.63, 3.8) is 0 Å². The van der Waals surface area contributed by atoms with Crippen LogP contribution in [0.5, 0.6) is 0 Å². The zero-order chi connectivity index (χ0) is 11.5. The maximum absolute atomic E-state index is 11.8. The van der Waals surface area contributed by atoms with Gasteiger partial charge in [-0.05, 0) is 25.5 Å². The van der Waals surface area contributed by atoms with Crippen LogP contribution in [0.25, 0.3) is 0 Å². The van der Waals surface area contributed by atoms with Crippen LogP contribution in [-0.4, -0.2) is 16.0 Å². The normalized spacial score (nSPS) is 17.1. The van der Waals surface area contributed by atoms with Crippen molar-refractivity contribution < 1.29 is 14.0 Å². The molecular formula is C9H13BrNO3P. The third-order valence-corrected chi connectivity index (χ3v) is 3.86. The predicted molar refractivity (Wildman–Crippen MR) is 62.2 cm³/mol. The van der Waals surface area contributed by atoms with Gasteiger partial charge in [0.1, 0.15) is 0 Å². The van der Waals surface area contributed by atoms with Crippen LogP contribution in [0.4, 0.5) is 0 Å². The van der Waals surface area contributed by atoms with Crippen LogP contribution in [0, 0.1) is 0 Å². The monoisotopic (exact) mass is 293 g/mol. The first-order chi connectivity index (χ1) is 6.95. The van der Waals surface area contributed by atoms with Crippen molar-refractivity contribution in [2.45, 2.75) is 26.4 Å². The van der Waals surface area contributed by atoms with Crippen molar-refractivity contribution in [3.05, 3.63) is 22.8 Å². The van der Waals surface area contributed by atoms with Crippen molar-refractivity contribution >= 4 is 29.0 Å². The van der Waals surface area contributed by atoms with Crippen molar-refractivity contribution in [3.8, 4) is 0 Å². The summed E-state index contributed by atoms with van der Waals surface area (Å²) >= 11 is 3.21. The minimum atomic E-state index is -3.79. The molecule has 0 amide bonds. The fourth-order valence-corrected chi connectivity index (χ4v) is 2.69. The highest BCUT2D eigenvalue weighted by molar-refractivity contribution is 9.10. The molecule has 0 saturated heterocycles. The van der Waals surface area contributed by atoms with E-state index in [0.29, 0.717) is 10.9 Å². The smallest absolute Gasteiger partial charge is 0.320 e. The highest BCUT2D eigenvalue weighted by atomic mass is 79.9. The van der Waals surface area contributed by atoms with E-state index in [4.69, 9.17) is 4.52 Å². The van der Waals surface area contributed by atoms with E-state index in [2.05, 4.69) is 20.9 Å². The second-order valence-corrected chi connectivity index (χ2v) is 5.80. The maximum Gasteiger partial charge on any atom is 0.377 e. The molecule has 0 aliphatic heterocycles. The number of hydrogen-bond donors (Lipinski definition) is 1. The second-order valence-electron chi connectivity index (χ2n) is 3.18. The summed E-state index contributed by atoms with van der Waals surface area (Å²) < 4.78 is 17.5. The van der Waals surface area contributed by atoms with Gasteiger partial charge < -0.3 is 9.42 Å². The van der Waals surface area contributed by atoms with Gasteiger partial charge in [-0.25, -0.2) is 4.98 Å². The molecule has 4 nitrogen and oxygen atoms in total. The van der Waals surface area contributed by atoms with Crippen LogP contribution < -0.4 is 5.44 Å². The minimum absolute atomic E-state index is 0.0668. The quantitative estimate of drug-likeness (QED) is 0.867. The molecule has 0 aliphatic carbocycles. The molecule has 1 aromatic heterocycles. The van der Waals surface area contributed by atoms with Crippen molar-refractivity contribution in [1.82, 2.24) is 4.98 Å². The predicted octanol–water partition coefficient (Wildman–Crippen LogP) is 2.47. The minimum Gasteiger partial charge on any atom is -0.320 e. The summed E-state index contributed by atoms with van der Waals surface area (Å²) in [5, 5.41) is 0. The van der Waals surface area contributed by atoms with E-state index in [-0.39, 0.29) is 11.5 Å². The van der Waals surface area contributed by atoms with E-state index in [1.807, 2.05) is 6.92 Å². The summed E-state index contributed by atoms with van der Waals surface area (Å²) in [6, 6.07) is 3.18. The molecule has 0 aliphatic rings. The zero-order valence-electron chi connectivity index (χ0n) is 8.55. The Morgan fingerprint density at radius 1 is 1.73 bits per heavy atom. The third kappa shape index (κ3) is 3.68. The fourth-order valence-electron chi connectivity index (χ4n) is 0.921. The molecule has 0 bridgehead atoms. The lowest BCUT2D eigenvalue weighted by molar-refractivity contribution is 0.192. The third-order valence-electron chi connectivity index (χ3n) is 1.89. The van der Waals surface area contributed by atoms with Crippen molar-refractivity contribution in [1.29, 1.82) is 0 Å². The second kappa shape index (κ2) is 5.21. The van der Waals surface area contributed by atoms with Crippen LogP contribution in [0.3, 0.4) is 0 Å². The van der Waals surface area contributed by atoms with Crippen LogP contribution >= 0.6 is 23.5 Å². The number of halogens is 1. The van der Waals surface area contributed by atoms with Crippen molar-refractivity contribution in [2.24, 2.45) is 0 Å². The van der Waals surface area contributed by atoms with Crippen LogP contribution in [0.1, 0.15) is 20.3 Å². The fraction of sp³-hybridized carbons (Fsp3) is 0.444. The summed E-state index contributed by atoms with van der Waals surface area (Å²) in [6.45, 7) is 3.64. The molecule has 1 aromatic rings. The van der Waals surface area contributed by atoms with Crippen LogP contribution in [0.2, 0.25) is 0 Å². The van der Waals surface area contributed by atoms with Gasteiger partial charge in [0.25, 0.3) is 0 Å². The molecule has 1 rings (SSSR count). The van der Waals surface area contributed by atoms with Gasteiger partial charge in [0.05, 0.1) is 6.10 Å². The lowest BCUT2D eigenvalue weighted by Gasteiger charge is -2.15. The molecule has 1 heterocycles. The van der Waals surface area contributed by atoms with E-state index in [1.54, 1.807) is 13.0 Å². The molecule has 0 spiro atoms. The Balaban J connectivity index is 2.90. The Bertz CT molecular complexity index is 385. The Morgan fingerprint density at radius 2 is 2.40 bits per heavy atom. The Labute approximate surface area is 97.3 Å². The molecule has 15 heavy (non-hydrogen) atoms. The van der Waals surface area contributed by atoms with Crippen LogP contribution in [-0.2, 0) is 9.09 Å². The molecule has 6 heteroatoms.